The molecule has 0 atom stereocenters. The van der Waals surface area contributed by atoms with Crippen molar-refractivity contribution in [1.82, 2.24) is 29.9 Å². The minimum absolute atomic E-state index is 0.268. The number of fused-ring (bicyclic) bond motifs is 3. The Labute approximate surface area is 160 Å². The quantitative estimate of drug-likeness (QED) is 0.583. The molecule has 136 valence electrons. The van der Waals surface area contributed by atoms with E-state index >= 15 is 0 Å². The Morgan fingerprint density at radius 2 is 2.11 bits per heavy atom. The molecule has 0 radical (unpaired) electrons. The highest BCUT2D eigenvalue weighted by Crippen LogP contribution is 2.44. The summed E-state index contributed by atoms with van der Waals surface area (Å²) < 4.78 is 8.00. The first-order valence-electron chi connectivity index (χ1n) is 8.86. The Balaban J connectivity index is 1.61. The third-order valence-electron chi connectivity index (χ3n) is 4.64. The molecule has 4 aromatic rings. The van der Waals surface area contributed by atoms with E-state index in [1.165, 1.54) is 16.8 Å². The number of H-pyrrole nitrogens is 1. The minimum Gasteiger partial charge on any atom is -0.493 e. The molecule has 0 saturated heterocycles. The third-order valence-corrected chi connectivity index (χ3v) is 5.84. The first-order valence-corrected chi connectivity index (χ1v) is 9.68. The number of nitrogens with one attached hydrogen (secondary N) is 1. The van der Waals surface area contributed by atoms with Crippen molar-refractivity contribution in [2.45, 2.75) is 26.3 Å². The second-order valence-electron chi connectivity index (χ2n) is 6.73. The van der Waals surface area contributed by atoms with E-state index in [0.29, 0.717) is 6.61 Å². The van der Waals surface area contributed by atoms with E-state index in [0.717, 1.165) is 39.8 Å². The summed E-state index contributed by atoms with van der Waals surface area (Å²) in [5.41, 5.74) is 3.36. The highest BCUT2D eigenvalue weighted by molar-refractivity contribution is 7.19. The molecule has 7 nitrogen and oxygen atoms in total. The van der Waals surface area contributed by atoms with Crippen molar-refractivity contribution in [3.05, 3.63) is 42.5 Å². The van der Waals surface area contributed by atoms with Crippen molar-refractivity contribution in [3.8, 4) is 38.3 Å². The van der Waals surface area contributed by atoms with Crippen LogP contribution in [0.3, 0.4) is 0 Å². The summed E-state index contributed by atoms with van der Waals surface area (Å²) in [5.74, 6) is 2.54. The van der Waals surface area contributed by atoms with Crippen LogP contribution in [0, 0.1) is 0 Å². The number of nitrogens with zero attached hydrogens (tertiary/aromatic N) is 5. The maximum absolute atomic E-state index is 6.03. The van der Waals surface area contributed by atoms with Crippen molar-refractivity contribution in [2.75, 3.05) is 6.61 Å². The predicted molar refractivity (Wildman–Crippen MR) is 104 cm³/mol. The van der Waals surface area contributed by atoms with Gasteiger partial charge in [0.2, 0.25) is 0 Å². The molecule has 0 spiro atoms. The van der Waals surface area contributed by atoms with Crippen LogP contribution >= 0.6 is 11.3 Å². The number of benzene rings is 1. The molecular formula is C19H18N6OS. The molecule has 1 aromatic carbocycles. The maximum atomic E-state index is 6.03. The number of ether oxygens (including phenoxy) is 1. The molecule has 0 bridgehead atoms. The van der Waals surface area contributed by atoms with Gasteiger partial charge in [0, 0.05) is 28.5 Å². The normalized spacial score (nSPS) is 13.1. The number of hydrogen-bond donors (Lipinski definition) is 1. The fourth-order valence-corrected chi connectivity index (χ4v) is 4.58. The third kappa shape index (κ3) is 2.73. The molecule has 8 heteroatoms. The van der Waals surface area contributed by atoms with Gasteiger partial charge in [-0.1, -0.05) is 6.07 Å². The van der Waals surface area contributed by atoms with Gasteiger partial charge in [-0.15, -0.1) is 11.3 Å². The molecule has 0 saturated carbocycles. The molecular weight excluding hydrogens is 360 g/mol. The van der Waals surface area contributed by atoms with Gasteiger partial charge < -0.3 is 4.74 Å². The van der Waals surface area contributed by atoms with Crippen molar-refractivity contribution in [2.24, 2.45) is 0 Å². The molecule has 1 N–H and O–H groups in total. The zero-order chi connectivity index (χ0) is 18.4. The van der Waals surface area contributed by atoms with E-state index in [4.69, 9.17) is 4.74 Å². The fraction of sp³-hybridized carbons (Fsp3) is 0.263. The Hall–Kier alpha value is -3.00. The molecule has 5 rings (SSSR count). The van der Waals surface area contributed by atoms with Gasteiger partial charge in [-0.2, -0.15) is 10.2 Å². The number of thiophene rings is 1. The van der Waals surface area contributed by atoms with E-state index < -0.39 is 0 Å². The summed E-state index contributed by atoms with van der Waals surface area (Å²) in [5, 5.41) is 11.2. The second-order valence-corrected chi connectivity index (χ2v) is 7.78. The van der Waals surface area contributed by atoms with E-state index in [1.54, 1.807) is 17.7 Å². The van der Waals surface area contributed by atoms with Crippen LogP contribution in [0.15, 0.2) is 36.9 Å². The lowest BCUT2D eigenvalue weighted by atomic mass is 10.1. The van der Waals surface area contributed by atoms with Gasteiger partial charge in [-0.3, -0.25) is 5.10 Å². The Kier molecular flexibility index (Phi) is 3.78. The van der Waals surface area contributed by atoms with Crippen LogP contribution in [0.1, 0.15) is 25.5 Å². The van der Waals surface area contributed by atoms with Gasteiger partial charge in [0.05, 0.1) is 11.5 Å². The summed E-state index contributed by atoms with van der Waals surface area (Å²) in [6.45, 7) is 4.88. The Bertz CT molecular complexity index is 1100. The van der Waals surface area contributed by atoms with Crippen molar-refractivity contribution < 1.29 is 4.74 Å². The molecule has 0 amide bonds. The van der Waals surface area contributed by atoms with Gasteiger partial charge >= 0.3 is 0 Å². The van der Waals surface area contributed by atoms with Gasteiger partial charge in [0.1, 0.15) is 18.4 Å². The van der Waals surface area contributed by atoms with Crippen LogP contribution in [0.2, 0.25) is 0 Å². The molecule has 1 aliphatic rings. The zero-order valence-corrected chi connectivity index (χ0v) is 15.8. The van der Waals surface area contributed by atoms with Crippen LogP contribution in [-0.4, -0.2) is 36.6 Å². The van der Waals surface area contributed by atoms with Crippen molar-refractivity contribution >= 4 is 11.3 Å². The molecule has 27 heavy (non-hydrogen) atoms. The number of hydrogen-bond acceptors (Lipinski definition) is 6. The minimum atomic E-state index is 0.268. The summed E-state index contributed by atoms with van der Waals surface area (Å²) in [4.78, 5) is 11.1. The van der Waals surface area contributed by atoms with Gasteiger partial charge in [0.15, 0.2) is 11.6 Å². The number of rotatable bonds is 3. The van der Waals surface area contributed by atoms with Crippen molar-refractivity contribution in [3.63, 3.8) is 0 Å². The molecule has 1 aliphatic heterocycles. The van der Waals surface area contributed by atoms with E-state index in [1.807, 2.05) is 16.8 Å². The summed E-state index contributed by atoms with van der Waals surface area (Å²) in [7, 11) is 0. The van der Waals surface area contributed by atoms with Crippen LogP contribution in [-0.2, 0) is 6.42 Å². The molecule has 3 aromatic heterocycles. The lowest BCUT2D eigenvalue weighted by Gasteiger charge is -2.09. The molecule has 0 fully saturated rings. The van der Waals surface area contributed by atoms with Crippen LogP contribution in [0.25, 0.3) is 32.5 Å². The highest BCUT2D eigenvalue weighted by Gasteiger charge is 2.22. The van der Waals surface area contributed by atoms with Gasteiger partial charge in [-0.25, -0.2) is 14.6 Å². The maximum Gasteiger partial charge on any atom is 0.168 e. The Morgan fingerprint density at radius 1 is 1.19 bits per heavy atom. The topological polar surface area (TPSA) is 81.5 Å². The zero-order valence-electron chi connectivity index (χ0n) is 15.0. The summed E-state index contributed by atoms with van der Waals surface area (Å²) in [6.07, 6.45) is 4.01. The average molecular weight is 378 g/mol. The Morgan fingerprint density at radius 3 is 2.93 bits per heavy atom. The monoisotopic (exact) mass is 378 g/mol. The SMILES string of the molecule is CC(C)n1ncnc1-c1cc2c(s1)-c1ccc(-c3ncn[nH]3)cc1OCC2. The lowest BCUT2D eigenvalue weighted by molar-refractivity contribution is 0.326. The number of aromatic nitrogens is 6. The summed E-state index contributed by atoms with van der Waals surface area (Å²) in [6, 6.07) is 8.68. The van der Waals surface area contributed by atoms with E-state index in [-0.39, 0.29) is 6.04 Å². The largest absolute Gasteiger partial charge is 0.493 e. The van der Waals surface area contributed by atoms with Crippen molar-refractivity contribution in [1.29, 1.82) is 0 Å². The standard InChI is InChI=1S/C19H18N6OS/c1-11(2)25-19(21-10-23-25)16-8-12-5-6-26-15-7-13(18-20-9-22-24-18)3-4-14(15)17(12)27-16/h3-4,7-11H,5-6H2,1-2H3,(H,20,22,24). The summed E-state index contributed by atoms with van der Waals surface area (Å²) >= 11 is 1.74. The van der Waals surface area contributed by atoms with Gasteiger partial charge in [-0.05, 0) is 37.6 Å². The first-order chi connectivity index (χ1) is 13.2. The van der Waals surface area contributed by atoms with Crippen LogP contribution in [0.5, 0.6) is 5.75 Å². The smallest absolute Gasteiger partial charge is 0.168 e. The molecule has 4 heterocycles. The fourth-order valence-electron chi connectivity index (χ4n) is 3.35. The molecule has 0 unspecified atom stereocenters. The van der Waals surface area contributed by atoms with E-state index in [2.05, 4.69) is 51.2 Å². The predicted octanol–water partition coefficient (Wildman–Crippen LogP) is 3.97. The first kappa shape index (κ1) is 16.2. The number of aromatic amines is 1. The average Bonchev–Trinajstić information content (AvgIpc) is 3.40. The van der Waals surface area contributed by atoms with Crippen LogP contribution < -0.4 is 4.74 Å². The lowest BCUT2D eigenvalue weighted by Crippen LogP contribution is -2.04. The molecule has 0 aliphatic carbocycles. The van der Waals surface area contributed by atoms with Crippen LogP contribution in [0.4, 0.5) is 0 Å². The second kappa shape index (κ2) is 6.31. The van der Waals surface area contributed by atoms with Gasteiger partial charge in [0.25, 0.3) is 0 Å². The highest BCUT2D eigenvalue weighted by atomic mass is 32.1. The van der Waals surface area contributed by atoms with E-state index in [9.17, 15) is 0 Å².